The largest absolute Gasteiger partial charge is 0.481 e. The molecule has 1 rings (SSSR count). The van der Waals surface area contributed by atoms with E-state index in [1.54, 1.807) is 0 Å². The van der Waals surface area contributed by atoms with Crippen molar-refractivity contribution < 1.29 is 14.3 Å². The van der Waals surface area contributed by atoms with Crippen LogP contribution in [-0.4, -0.2) is 23.9 Å². The molecule has 2 atom stereocenters. The van der Waals surface area contributed by atoms with E-state index in [1.807, 2.05) is 0 Å². The predicted octanol–water partition coefficient (Wildman–Crippen LogP) is 0.366. The van der Waals surface area contributed by atoms with E-state index in [2.05, 4.69) is 5.32 Å². The Labute approximate surface area is 58.2 Å². The highest BCUT2D eigenvalue weighted by molar-refractivity contribution is 5.70. The Hall–Kier alpha value is -0.640. The van der Waals surface area contributed by atoms with Gasteiger partial charge in [-0.15, -0.1) is 0 Å². The van der Waals surface area contributed by atoms with Crippen molar-refractivity contribution in [2.24, 2.45) is 5.92 Å². The molecule has 0 radical (unpaired) electrons. The molecule has 0 saturated carbocycles. The first-order valence-electron chi connectivity index (χ1n) is 3.30. The van der Waals surface area contributed by atoms with Gasteiger partial charge in [-0.2, -0.15) is 0 Å². The number of hydrogen-bond acceptors (Lipinski definition) is 2. The Morgan fingerprint density at radius 1 is 1.70 bits per heavy atom. The highest BCUT2D eigenvalue weighted by Crippen LogP contribution is 2.16. The van der Waals surface area contributed by atoms with Crippen LogP contribution in [0, 0.1) is 5.92 Å². The van der Waals surface area contributed by atoms with Gasteiger partial charge < -0.3 is 5.11 Å². The van der Waals surface area contributed by atoms with Gasteiger partial charge in [0.2, 0.25) is 0 Å². The molecule has 1 saturated heterocycles. The third-order valence-electron chi connectivity index (χ3n) is 1.70. The predicted molar refractivity (Wildman–Crippen MR) is 33.3 cm³/mol. The van der Waals surface area contributed by atoms with Gasteiger partial charge in [0.05, 0.1) is 5.92 Å². The molecule has 0 aromatic heterocycles. The van der Waals surface area contributed by atoms with Crippen molar-refractivity contribution in [3.8, 4) is 0 Å². The van der Waals surface area contributed by atoms with E-state index >= 15 is 0 Å². The molecule has 2 unspecified atom stereocenters. The number of alkyl halides is 1. The summed E-state index contributed by atoms with van der Waals surface area (Å²) in [5.41, 5.74) is 0. The monoisotopic (exact) mass is 147 g/mol. The van der Waals surface area contributed by atoms with Crippen molar-refractivity contribution in [1.29, 1.82) is 0 Å². The van der Waals surface area contributed by atoms with Crippen molar-refractivity contribution in [1.82, 2.24) is 5.32 Å². The maximum atomic E-state index is 12.4. The van der Waals surface area contributed by atoms with Crippen molar-refractivity contribution in [2.75, 3.05) is 6.54 Å². The molecule has 0 aromatic carbocycles. The van der Waals surface area contributed by atoms with Crippen LogP contribution in [0.25, 0.3) is 0 Å². The lowest BCUT2D eigenvalue weighted by Crippen LogP contribution is -2.37. The van der Waals surface area contributed by atoms with Gasteiger partial charge in [-0.05, 0) is 13.0 Å². The lowest BCUT2D eigenvalue weighted by molar-refractivity contribution is -0.143. The minimum absolute atomic E-state index is 0.106. The third-order valence-corrected chi connectivity index (χ3v) is 1.70. The molecular formula is C6H10FNO2. The molecule has 58 valence electrons. The van der Waals surface area contributed by atoms with Crippen LogP contribution in [0.15, 0.2) is 0 Å². The van der Waals surface area contributed by atoms with Crippen LogP contribution < -0.4 is 5.32 Å². The van der Waals surface area contributed by atoms with Gasteiger partial charge in [0.1, 0.15) is 0 Å². The maximum Gasteiger partial charge on any atom is 0.306 e. The number of aliphatic carboxylic acids is 1. The lowest BCUT2D eigenvalue weighted by Gasteiger charge is -2.21. The van der Waals surface area contributed by atoms with E-state index in [1.165, 1.54) is 0 Å². The average molecular weight is 147 g/mol. The van der Waals surface area contributed by atoms with Gasteiger partial charge in [-0.25, -0.2) is 4.39 Å². The Morgan fingerprint density at radius 2 is 2.40 bits per heavy atom. The summed E-state index contributed by atoms with van der Waals surface area (Å²) in [5.74, 6) is -1.37. The zero-order chi connectivity index (χ0) is 7.56. The highest BCUT2D eigenvalue weighted by Gasteiger charge is 2.25. The molecule has 4 heteroatoms. The summed E-state index contributed by atoms with van der Waals surface area (Å²) >= 11 is 0. The zero-order valence-corrected chi connectivity index (χ0v) is 5.51. The summed E-state index contributed by atoms with van der Waals surface area (Å²) in [6.45, 7) is 0.470. The molecule has 2 N–H and O–H groups in total. The van der Waals surface area contributed by atoms with E-state index in [-0.39, 0.29) is 6.42 Å². The summed E-state index contributed by atoms with van der Waals surface area (Å²) < 4.78 is 12.4. The smallest absolute Gasteiger partial charge is 0.306 e. The second-order valence-corrected chi connectivity index (χ2v) is 2.48. The first-order valence-corrected chi connectivity index (χ1v) is 3.30. The molecule has 1 fully saturated rings. The fourth-order valence-corrected chi connectivity index (χ4v) is 1.09. The van der Waals surface area contributed by atoms with Crippen LogP contribution in [0.2, 0.25) is 0 Å². The lowest BCUT2D eigenvalue weighted by atomic mass is 9.98. The molecular weight excluding hydrogens is 137 g/mol. The summed E-state index contributed by atoms with van der Waals surface area (Å²) in [7, 11) is 0. The second-order valence-electron chi connectivity index (χ2n) is 2.48. The average Bonchev–Trinajstić information content (AvgIpc) is 1.88. The molecule has 3 nitrogen and oxygen atoms in total. The van der Waals surface area contributed by atoms with Crippen LogP contribution in [-0.2, 0) is 4.79 Å². The van der Waals surface area contributed by atoms with Crippen molar-refractivity contribution in [3.05, 3.63) is 0 Å². The van der Waals surface area contributed by atoms with Gasteiger partial charge in [0, 0.05) is 6.42 Å². The van der Waals surface area contributed by atoms with Crippen molar-refractivity contribution in [3.63, 3.8) is 0 Å². The van der Waals surface area contributed by atoms with E-state index in [0.717, 1.165) is 0 Å². The standard InChI is InChI=1S/C6H10FNO2/c7-5-3-4(6(9)10)1-2-8-5/h4-5,8H,1-3H2,(H,9,10). The van der Waals surface area contributed by atoms with Crippen molar-refractivity contribution >= 4 is 5.97 Å². The zero-order valence-electron chi connectivity index (χ0n) is 5.51. The highest BCUT2D eigenvalue weighted by atomic mass is 19.1. The number of piperidine rings is 1. The number of nitrogens with one attached hydrogen (secondary N) is 1. The van der Waals surface area contributed by atoms with Gasteiger partial charge in [-0.1, -0.05) is 0 Å². The second kappa shape index (κ2) is 2.96. The molecule has 0 aliphatic carbocycles. The van der Waals surface area contributed by atoms with Gasteiger partial charge in [0.25, 0.3) is 0 Å². The number of carboxylic acids is 1. The maximum absolute atomic E-state index is 12.4. The molecule has 10 heavy (non-hydrogen) atoms. The van der Waals surface area contributed by atoms with E-state index in [9.17, 15) is 9.18 Å². The van der Waals surface area contributed by atoms with Gasteiger partial charge in [-0.3, -0.25) is 10.1 Å². The van der Waals surface area contributed by atoms with Crippen LogP contribution in [0.1, 0.15) is 12.8 Å². The molecule has 0 spiro atoms. The Bertz CT molecular complexity index is 140. The molecule has 1 aliphatic rings. The summed E-state index contributed by atoms with van der Waals surface area (Å²) in [5, 5.41) is 11.0. The Morgan fingerprint density at radius 3 is 2.80 bits per heavy atom. The summed E-state index contributed by atoms with van der Waals surface area (Å²) in [6.07, 6.45) is -0.486. The van der Waals surface area contributed by atoms with Gasteiger partial charge in [0.15, 0.2) is 6.30 Å². The van der Waals surface area contributed by atoms with Gasteiger partial charge >= 0.3 is 5.97 Å². The number of hydrogen-bond donors (Lipinski definition) is 2. The number of halogens is 1. The number of rotatable bonds is 1. The quantitative estimate of drug-likeness (QED) is 0.527. The third kappa shape index (κ3) is 1.67. The van der Waals surface area contributed by atoms with Crippen LogP contribution in [0.4, 0.5) is 4.39 Å². The Balaban J connectivity index is 2.39. The van der Waals surface area contributed by atoms with E-state index in [0.29, 0.717) is 13.0 Å². The first-order chi connectivity index (χ1) is 4.70. The fourth-order valence-electron chi connectivity index (χ4n) is 1.09. The van der Waals surface area contributed by atoms with Crippen molar-refractivity contribution in [2.45, 2.75) is 19.1 Å². The SMILES string of the molecule is O=C(O)C1CCNC(F)C1. The van der Waals surface area contributed by atoms with E-state index < -0.39 is 18.2 Å². The first kappa shape index (κ1) is 7.47. The number of carboxylic acid groups (broad SMARTS) is 1. The molecule has 0 amide bonds. The van der Waals surface area contributed by atoms with Crippen LogP contribution in [0.5, 0.6) is 0 Å². The fraction of sp³-hybridized carbons (Fsp3) is 0.833. The van der Waals surface area contributed by atoms with Crippen LogP contribution in [0.3, 0.4) is 0 Å². The molecule has 0 bridgehead atoms. The van der Waals surface area contributed by atoms with E-state index in [4.69, 9.17) is 5.11 Å². The minimum atomic E-state index is -1.13. The summed E-state index contributed by atoms with van der Waals surface area (Å²) in [4.78, 5) is 10.3. The molecule has 1 aliphatic heterocycles. The molecule has 1 heterocycles. The number of carbonyl (C=O) groups is 1. The van der Waals surface area contributed by atoms with Crippen LogP contribution >= 0.6 is 0 Å². The topological polar surface area (TPSA) is 49.3 Å². The Kier molecular flexibility index (Phi) is 2.21. The minimum Gasteiger partial charge on any atom is -0.481 e. The normalized spacial score (nSPS) is 33.7. The molecule has 0 aromatic rings. The summed E-state index contributed by atoms with van der Waals surface area (Å²) in [6, 6.07) is 0.